The van der Waals surface area contributed by atoms with Crippen molar-refractivity contribution in [2.24, 2.45) is 11.1 Å². The van der Waals surface area contributed by atoms with Crippen molar-refractivity contribution in [1.29, 1.82) is 0 Å². The van der Waals surface area contributed by atoms with Crippen molar-refractivity contribution in [3.05, 3.63) is 0 Å². The van der Waals surface area contributed by atoms with E-state index in [4.69, 9.17) is 5.73 Å². The lowest BCUT2D eigenvalue weighted by Crippen LogP contribution is -2.53. The van der Waals surface area contributed by atoms with Gasteiger partial charge in [0.2, 0.25) is 5.91 Å². The van der Waals surface area contributed by atoms with Crippen LogP contribution in [0.5, 0.6) is 0 Å². The van der Waals surface area contributed by atoms with Crippen LogP contribution in [0.2, 0.25) is 0 Å². The van der Waals surface area contributed by atoms with Crippen molar-refractivity contribution in [2.75, 3.05) is 20.6 Å². The third kappa shape index (κ3) is 3.42. The fourth-order valence-corrected chi connectivity index (χ4v) is 2.85. The first-order chi connectivity index (χ1) is 7.70. The van der Waals surface area contributed by atoms with Gasteiger partial charge in [-0.3, -0.25) is 4.79 Å². The van der Waals surface area contributed by atoms with E-state index in [9.17, 15) is 4.79 Å². The second-order valence-electron chi connectivity index (χ2n) is 6.57. The molecule has 1 rings (SSSR count). The van der Waals surface area contributed by atoms with Gasteiger partial charge in [-0.25, -0.2) is 0 Å². The standard InChI is InChI=1S/C13H27N3O/c1-12(2,3)9-16(5)10-6-7-13(8-10,15-4)11(14)17/h10,15H,6-9H2,1-5H3,(H2,14,17). The van der Waals surface area contributed by atoms with Crippen molar-refractivity contribution in [2.45, 2.75) is 51.6 Å². The molecule has 0 aromatic rings. The van der Waals surface area contributed by atoms with Crippen LogP contribution in [0.1, 0.15) is 40.0 Å². The van der Waals surface area contributed by atoms with E-state index in [0.29, 0.717) is 6.04 Å². The minimum Gasteiger partial charge on any atom is -0.368 e. The summed E-state index contributed by atoms with van der Waals surface area (Å²) in [7, 11) is 3.97. The summed E-state index contributed by atoms with van der Waals surface area (Å²) in [4.78, 5) is 13.9. The molecule has 0 heterocycles. The molecule has 100 valence electrons. The van der Waals surface area contributed by atoms with E-state index in [1.54, 1.807) is 0 Å². The van der Waals surface area contributed by atoms with E-state index < -0.39 is 5.54 Å². The third-order valence-electron chi connectivity index (χ3n) is 3.79. The highest BCUT2D eigenvalue weighted by Crippen LogP contribution is 2.33. The minimum absolute atomic E-state index is 0.216. The Morgan fingerprint density at radius 3 is 2.47 bits per heavy atom. The lowest BCUT2D eigenvalue weighted by Gasteiger charge is -2.32. The zero-order valence-corrected chi connectivity index (χ0v) is 11.8. The molecule has 2 atom stereocenters. The van der Waals surface area contributed by atoms with Gasteiger partial charge >= 0.3 is 0 Å². The van der Waals surface area contributed by atoms with Crippen LogP contribution in [0.3, 0.4) is 0 Å². The predicted molar refractivity (Wildman–Crippen MR) is 70.7 cm³/mol. The molecule has 1 aliphatic rings. The normalized spacial score (nSPS) is 29.9. The van der Waals surface area contributed by atoms with Gasteiger partial charge in [0.25, 0.3) is 0 Å². The summed E-state index contributed by atoms with van der Waals surface area (Å²) in [6.07, 6.45) is 2.71. The van der Waals surface area contributed by atoms with Crippen LogP contribution in [0, 0.1) is 5.41 Å². The lowest BCUT2D eigenvalue weighted by molar-refractivity contribution is -0.124. The number of likely N-dealkylation sites (N-methyl/N-ethyl adjacent to an activating group) is 1. The fourth-order valence-electron chi connectivity index (χ4n) is 2.85. The van der Waals surface area contributed by atoms with Gasteiger partial charge in [0.15, 0.2) is 0 Å². The number of hydrogen-bond acceptors (Lipinski definition) is 3. The van der Waals surface area contributed by atoms with Crippen LogP contribution in [0.4, 0.5) is 0 Å². The molecule has 17 heavy (non-hydrogen) atoms. The van der Waals surface area contributed by atoms with E-state index >= 15 is 0 Å². The highest BCUT2D eigenvalue weighted by molar-refractivity contribution is 5.85. The molecule has 0 saturated heterocycles. The van der Waals surface area contributed by atoms with Gasteiger partial charge in [0.1, 0.15) is 0 Å². The zero-order chi connectivity index (χ0) is 13.3. The average Bonchev–Trinajstić information content (AvgIpc) is 2.60. The average molecular weight is 241 g/mol. The Morgan fingerprint density at radius 2 is 2.12 bits per heavy atom. The predicted octanol–water partition coefficient (Wildman–Crippen LogP) is 0.960. The molecule has 2 unspecified atom stereocenters. The quantitative estimate of drug-likeness (QED) is 0.771. The number of nitrogens with zero attached hydrogens (tertiary/aromatic N) is 1. The number of hydrogen-bond donors (Lipinski definition) is 2. The number of carbonyl (C=O) groups is 1. The summed E-state index contributed by atoms with van der Waals surface area (Å²) < 4.78 is 0. The van der Waals surface area contributed by atoms with Gasteiger partial charge in [0, 0.05) is 12.6 Å². The lowest BCUT2D eigenvalue weighted by atomic mass is 9.94. The molecule has 0 radical (unpaired) electrons. The maximum absolute atomic E-state index is 11.5. The molecule has 0 aromatic heterocycles. The van der Waals surface area contributed by atoms with Gasteiger partial charge < -0.3 is 16.0 Å². The molecule has 3 N–H and O–H groups in total. The topological polar surface area (TPSA) is 58.4 Å². The van der Waals surface area contributed by atoms with Crippen molar-refractivity contribution in [1.82, 2.24) is 10.2 Å². The molecule has 1 aliphatic carbocycles. The smallest absolute Gasteiger partial charge is 0.237 e. The Bertz CT molecular complexity index is 285. The highest BCUT2D eigenvalue weighted by Gasteiger charge is 2.44. The summed E-state index contributed by atoms with van der Waals surface area (Å²) in [6.45, 7) is 7.74. The molecule has 4 nitrogen and oxygen atoms in total. The Balaban J connectivity index is 2.63. The molecule has 1 amide bonds. The van der Waals surface area contributed by atoms with Crippen LogP contribution in [0.25, 0.3) is 0 Å². The second kappa shape index (κ2) is 4.94. The van der Waals surface area contributed by atoms with Crippen molar-refractivity contribution in [3.63, 3.8) is 0 Å². The largest absolute Gasteiger partial charge is 0.368 e. The molecule has 0 spiro atoms. The van der Waals surface area contributed by atoms with Crippen molar-refractivity contribution >= 4 is 5.91 Å². The number of rotatable bonds is 4. The summed E-state index contributed by atoms with van der Waals surface area (Å²) in [5.74, 6) is -0.216. The maximum Gasteiger partial charge on any atom is 0.237 e. The summed E-state index contributed by atoms with van der Waals surface area (Å²) in [5, 5.41) is 3.12. The Labute approximate surface area is 105 Å². The van der Waals surface area contributed by atoms with Crippen LogP contribution in [-0.4, -0.2) is 43.0 Å². The summed E-state index contributed by atoms with van der Waals surface area (Å²) in [6, 6.07) is 0.453. The van der Waals surface area contributed by atoms with E-state index in [-0.39, 0.29) is 11.3 Å². The first kappa shape index (κ1) is 14.5. The van der Waals surface area contributed by atoms with E-state index in [1.165, 1.54) is 0 Å². The van der Waals surface area contributed by atoms with Gasteiger partial charge in [-0.2, -0.15) is 0 Å². The Hall–Kier alpha value is -0.610. The number of primary amides is 1. The van der Waals surface area contributed by atoms with Crippen LogP contribution in [-0.2, 0) is 4.79 Å². The van der Waals surface area contributed by atoms with E-state index in [2.05, 4.69) is 38.0 Å². The number of amides is 1. The maximum atomic E-state index is 11.5. The van der Waals surface area contributed by atoms with Gasteiger partial charge in [-0.15, -0.1) is 0 Å². The minimum atomic E-state index is -0.489. The van der Waals surface area contributed by atoms with Gasteiger partial charge in [-0.05, 0) is 38.8 Å². The highest BCUT2D eigenvalue weighted by atomic mass is 16.1. The molecular weight excluding hydrogens is 214 g/mol. The molecule has 0 aromatic carbocycles. The number of nitrogens with two attached hydrogens (primary N) is 1. The Kier molecular flexibility index (Phi) is 4.20. The fraction of sp³-hybridized carbons (Fsp3) is 0.923. The van der Waals surface area contributed by atoms with Crippen LogP contribution in [0.15, 0.2) is 0 Å². The molecule has 0 aliphatic heterocycles. The second-order valence-corrected chi connectivity index (χ2v) is 6.57. The molecule has 1 saturated carbocycles. The van der Waals surface area contributed by atoms with Crippen LogP contribution < -0.4 is 11.1 Å². The van der Waals surface area contributed by atoms with Gasteiger partial charge in [0.05, 0.1) is 5.54 Å². The zero-order valence-electron chi connectivity index (χ0n) is 11.8. The van der Waals surface area contributed by atoms with Crippen molar-refractivity contribution < 1.29 is 4.79 Å². The third-order valence-corrected chi connectivity index (χ3v) is 3.79. The first-order valence-corrected chi connectivity index (χ1v) is 6.39. The van der Waals surface area contributed by atoms with Crippen molar-refractivity contribution in [3.8, 4) is 0 Å². The number of carbonyl (C=O) groups excluding carboxylic acids is 1. The van der Waals surface area contributed by atoms with E-state index in [1.807, 2.05) is 7.05 Å². The first-order valence-electron chi connectivity index (χ1n) is 6.39. The molecule has 0 bridgehead atoms. The number of nitrogens with one attached hydrogen (secondary N) is 1. The Morgan fingerprint density at radius 1 is 1.53 bits per heavy atom. The monoisotopic (exact) mass is 241 g/mol. The summed E-state index contributed by atoms with van der Waals surface area (Å²) >= 11 is 0. The SMILES string of the molecule is CNC1(C(N)=O)CCC(N(C)CC(C)(C)C)C1. The van der Waals surface area contributed by atoms with Crippen LogP contribution >= 0.6 is 0 Å². The molecular formula is C13H27N3O. The molecule has 4 heteroatoms. The van der Waals surface area contributed by atoms with Gasteiger partial charge in [-0.1, -0.05) is 20.8 Å². The van der Waals surface area contributed by atoms with E-state index in [0.717, 1.165) is 25.8 Å². The summed E-state index contributed by atoms with van der Waals surface area (Å²) in [5.41, 5.74) is 5.31. The molecule has 1 fully saturated rings.